The summed E-state index contributed by atoms with van der Waals surface area (Å²) >= 11 is 4.75. The number of thiazole rings is 1. The standard InChI is InChI=1S/C20H19BrF3N3OS.ClH/c1-26(2)9-4-10-27(19-25-16-8-7-15(21)12-17(16)29-19)18(28)13-5-3-6-14(11-13)20(22,23)24;/h3,5-8,11-12H,4,9-10H2,1-2H3;1H. The van der Waals surface area contributed by atoms with Crippen molar-refractivity contribution in [1.29, 1.82) is 0 Å². The molecule has 0 atom stereocenters. The summed E-state index contributed by atoms with van der Waals surface area (Å²) in [5, 5.41) is 0.472. The van der Waals surface area contributed by atoms with Gasteiger partial charge in [-0.3, -0.25) is 9.69 Å². The second-order valence-corrected chi connectivity index (χ2v) is 8.73. The lowest BCUT2D eigenvalue weighted by Gasteiger charge is -2.21. The Morgan fingerprint density at radius 2 is 1.87 bits per heavy atom. The number of fused-ring (bicyclic) bond motifs is 1. The fourth-order valence-corrected chi connectivity index (χ4v) is 4.36. The van der Waals surface area contributed by atoms with Gasteiger partial charge in [-0.1, -0.05) is 33.3 Å². The highest BCUT2D eigenvalue weighted by atomic mass is 79.9. The number of aromatic nitrogens is 1. The van der Waals surface area contributed by atoms with Gasteiger partial charge in [-0.25, -0.2) is 4.98 Å². The lowest BCUT2D eigenvalue weighted by atomic mass is 10.1. The number of nitrogens with zero attached hydrogens (tertiary/aromatic N) is 3. The zero-order chi connectivity index (χ0) is 21.2. The first-order chi connectivity index (χ1) is 13.6. The van der Waals surface area contributed by atoms with E-state index in [0.29, 0.717) is 18.1 Å². The molecule has 3 aromatic rings. The Labute approximate surface area is 191 Å². The van der Waals surface area contributed by atoms with Crippen LogP contribution in [-0.4, -0.2) is 43.0 Å². The predicted molar refractivity (Wildman–Crippen MR) is 121 cm³/mol. The van der Waals surface area contributed by atoms with E-state index in [1.54, 1.807) is 0 Å². The summed E-state index contributed by atoms with van der Waals surface area (Å²) < 4.78 is 41.0. The maximum atomic E-state index is 13.1. The van der Waals surface area contributed by atoms with Gasteiger partial charge >= 0.3 is 6.18 Å². The molecule has 0 saturated heterocycles. The smallest absolute Gasteiger partial charge is 0.309 e. The van der Waals surface area contributed by atoms with E-state index in [1.165, 1.54) is 28.4 Å². The summed E-state index contributed by atoms with van der Waals surface area (Å²) in [6.07, 6.45) is -3.84. The van der Waals surface area contributed by atoms with Crippen molar-refractivity contribution in [3.63, 3.8) is 0 Å². The molecular formula is C20H20BrClF3N3OS. The number of hydrogen-bond donors (Lipinski definition) is 0. The van der Waals surface area contributed by atoms with E-state index in [4.69, 9.17) is 0 Å². The average Bonchev–Trinajstić information content (AvgIpc) is 3.06. The van der Waals surface area contributed by atoms with Crippen LogP contribution in [0.3, 0.4) is 0 Å². The number of anilines is 1. The van der Waals surface area contributed by atoms with E-state index in [1.807, 2.05) is 37.2 Å². The molecule has 30 heavy (non-hydrogen) atoms. The van der Waals surface area contributed by atoms with Gasteiger partial charge in [0.05, 0.1) is 15.8 Å². The fourth-order valence-electron chi connectivity index (χ4n) is 2.82. The van der Waals surface area contributed by atoms with Gasteiger partial charge in [0.15, 0.2) is 5.13 Å². The lowest BCUT2D eigenvalue weighted by molar-refractivity contribution is -0.137. The van der Waals surface area contributed by atoms with Gasteiger partial charge in [0, 0.05) is 16.6 Å². The molecule has 0 aliphatic carbocycles. The highest BCUT2D eigenvalue weighted by molar-refractivity contribution is 9.10. The Kier molecular flexibility index (Phi) is 8.27. The fraction of sp³-hybridized carbons (Fsp3) is 0.300. The van der Waals surface area contributed by atoms with Crippen molar-refractivity contribution < 1.29 is 18.0 Å². The summed E-state index contributed by atoms with van der Waals surface area (Å²) in [7, 11) is 3.85. The van der Waals surface area contributed by atoms with Crippen LogP contribution in [0.5, 0.6) is 0 Å². The molecule has 1 heterocycles. The molecule has 0 aliphatic rings. The zero-order valence-corrected chi connectivity index (χ0v) is 19.5. The van der Waals surface area contributed by atoms with Crippen LogP contribution in [0.4, 0.5) is 18.3 Å². The molecule has 4 nitrogen and oxygen atoms in total. The molecule has 162 valence electrons. The van der Waals surface area contributed by atoms with Gasteiger partial charge < -0.3 is 4.90 Å². The minimum atomic E-state index is -4.51. The van der Waals surface area contributed by atoms with E-state index < -0.39 is 17.6 Å². The van der Waals surface area contributed by atoms with Crippen molar-refractivity contribution >= 4 is 60.9 Å². The number of carbonyl (C=O) groups is 1. The number of halogens is 5. The topological polar surface area (TPSA) is 36.4 Å². The molecule has 0 spiro atoms. The molecule has 0 bridgehead atoms. The average molecular weight is 523 g/mol. The monoisotopic (exact) mass is 521 g/mol. The molecule has 1 amide bonds. The number of carbonyl (C=O) groups excluding carboxylic acids is 1. The third kappa shape index (κ3) is 5.94. The summed E-state index contributed by atoms with van der Waals surface area (Å²) in [6, 6.07) is 10.1. The SMILES string of the molecule is CN(C)CCCN(C(=O)c1cccc(C(F)(F)F)c1)c1nc2ccc(Br)cc2s1.Cl. The van der Waals surface area contributed by atoms with Gasteiger partial charge in [-0.05, 0) is 63.5 Å². The number of hydrogen-bond acceptors (Lipinski definition) is 4. The van der Waals surface area contributed by atoms with Gasteiger partial charge in [-0.15, -0.1) is 12.4 Å². The summed E-state index contributed by atoms with van der Waals surface area (Å²) in [4.78, 5) is 21.1. The third-order valence-electron chi connectivity index (χ3n) is 4.24. The van der Waals surface area contributed by atoms with E-state index in [9.17, 15) is 18.0 Å². The Bertz CT molecular complexity index is 1030. The van der Waals surface area contributed by atoms with E-state index in [0.717, 1.165) is 33.4 Å². The molecule has 10 heteroatoms. The van der Waals surface area contributed by atoms with Crippen molar-refractivity contribution in [3.05, 3.63) is 58.1 Å². The Morgan fingerprint density at radius 1 is 1.13 bits per heavy atom. The normalized spacial score (nSPS) is 11.6. The second kappa shape index (κ2) is 10.1. The van der Waals surface area contributed by atoms with E-state index >= 15 is 0 Å². The van der Waals surface area contributed by atoms with Crippen LogP contribution in [0.25, 0.3) is 10.2 Å². The van der Waals surface area contributed by atoms with Crippen LogP contribution in [0.2, 0.25) is 0 Å². The highest BCUT2D eigenvalue weighted by Crippen LogP contribution is 2.33. The van der Waals surface area contributed by atoms with E-state index in [-0.39, 0.29) is 18.0 Å². The van der Waals surface area contributed by atoms with Gasteiger partial charge in [-0.2, -0.15) is 13.2 Å². The summed E-state index contributed by atoms with van der Waals surface area (Å²) in [6.45, 7) is 1.09. The van der Waals surface area contributed by atoms with Crippen molar-refractivity contribution in [2.75, 3.05) is 32.1 Å². The minimum absolute atomic E-state index is 0. The van der Waals surface area contributed by atoms with Crippen LogP contribution in [0, 0.1) is 0 Å². The van der Waals surface area contributed by atoms with Crippen LogP contribution in [0.1, 0.15) is 22.3 Å². The first kappa shape index (κ1) is 24.6. The number of amides is 1. The van der Waals surface area contributed by atoms with Gasteiger partial charge in [0.2, 0.25) is 0 Å². The van der Waals surface area contributed by atoms with Crippen molar-refractivity contribution in [2.45, 2.75) is 12.6 Å². The molecule has 2 aromatic carbocycles. The van der Waals surface area contributed by atoms with Gasteiger partial charge in [0.25, 0.3) is 5.91 Å². The largest absolute Gasteiger partial charge is 0.416 e. The highest BCUT2D eigenvalue weighted by Gasteiger charge is 2.31. The zero-order valence-electron chi connectivity index (χ0n) is 16.2. The number of rotatable bonds is 6. The van der Waals surface area contributed by atoms with Gasteiger partial charge in [0.1, 0.15) is 0 Å². The Balaban J connectivity index is 0.00000320. The molecular weight excluding hydrogens is 503 g/mol. The van der Waals surface area contributed by atoms with Crippen molar-refractivity contribution in [2.24, 2.45) is 0 Å². The summed E-state index contributed by atoms with van der Waals surface area (Å²) in [5.74, 6) is -0.493. The van der Waals surface area contributed by atoms with Crippen molar-refractivity contribution in [1.82, 2.24) is 9.88 Å². The van der Waals surface area contributed by atoms with Crippen molar-refractivity contribution in [3.8, 4) is 0 Å². The first-order valence-corrected chi connectivity index (χ1v) is 10.5. The maximum Gasteiger partial charge on any atom is 0.416 e. The Hall–Kier alpha value is -1.68. The third-order valence-corrected chi connectivity index (χ3v) is 5.77. The minimum Gasteiger partial charge on any atom is -0.309 e. The summed E-state index contributed by atoms with van der Waals surface area (Å²) in [5.41, 5.74) is -0.113. The molecule has 3 rings (SSSR count). The molecule has 0 unspecified atom stereocenters. The second-order valence-electron chi connectivity index (χ2n) is 6.80. The molecule has 0 radical (unpaired) electrons. The number of benzene rings is 2. The molecule has 0 N–H and O–H groups in total. The number of alkyl halides is 3. The predicted octanol–water partition coefficient (Wildman–Crippen LogP) is 6.10. The molecule has 0 saturated carbocycles. The molecule has 0 aliphatic heterocycles. The van der Waals surface area contributed by atoms with Crippen LogP contribution >= 0.6 is 39.7 Å². The molecule has 0 fully saturated rings. The Morgan fingerprint density at radius 3 is 2.53 bits per heavy atom. The quantitative estimate of drug-likeness (QED) is 0.393. The molecule has 1 aromatic heterocycles. The lowest BCUT2D eigenvalue weighted by Crippen LogP contribution is -2.33. The first-order valence-electron chi connectivity index (χ1n) is 8.85. The van der Waals surface area contributed by atoms with Crippen LogP contribution in [-0.2, 0) is 6.18 Å². The maximum absolute atomic E-state index is 13.1. The van der Waals surface area contributed by atoms with Crippen LogP contribution in [0.15, 0.2) is 46.9 Å². The van der Waals surface area contributed by atoms with E-state index in [2.05, 4.69) is 20.9 Å². The van der Waals surface area contributed by atoms with Crippen LogP contribution < -0.4 is 4.90 Å².